The molecule has 0 heterocycles. The Morgan fingerprint density at radius 1 is 1.15 bits per heavy atom. The van der Waals surface area contributed by atoms with Crippen molar-refractivity contribution in [1.29, 1.82) is 0 Å². The predicted octanol–water partition coefficient (Wildman–Crippen LogP) is 0.612. The molecule has 0 aromatic carbocycles. The predicted molar refractivity (Wildman–Crippen MR) is 84.8 cm³/mol. The molecule has 0 spiro atoms. The van der Waals surface area contributed by atoms with E-state index in [2.05, 4.69) is 23.5 Å². The Kier molecular flexibility index (Phi) is 10.4. The van der Waals surface area contributed by atoms with Crippen LogP contribution in [0.5, 0.6) is 0 Å². The quantitative estimate of drug-likeness (QED) is 0.554. The minimum Gasteiger partial charge on any atom is -0.330 e. The first kappa shape index (κ1) is 19.8. The molecule has 20 heavy (non-hydrogen) atoms. The van der Waals surface area contributed by atoms with Crippen LogP contribution in [0.25, 0.3) is 0 Å². The molecule has 0 saturated carbocycles. The molecule has 1 atom stereocenters. The monoisotopic (exact) mass is 308 g/mol. The van der Waals surface area contributed by atoms with E-state index in [1.165, 1.54) is 4.31 Å². The van der Waals surface area contributed by atoms with Gasteiger partial charge >= 0.3 is 0 Å². The van der Waals surface area contributed by atoms with E-state index in [4.69, 9.17) is 5.73 Å². The molecule has 0 aromatic heterocycles. The SMILES string of the molecule is CCN(CC)CCCC(C)NS(=O)(=O)N(C)CCCN. The van der Waals surface area contributed by atoms with Crippen molar-refractivity contribution in [1.82, 2.24) is 13.9 Å². The third-order valence-corrected chi connectivity index (χ3v) is 5.15. The zero-order chi connectivity index (χ0) is 15.6. The summed E-state index contributed by atoms with van der Waals surface area (Å²) >= 11 is 0. The third-order valence-electron chi connectivity index (χ3n) is 3.44. The summed E-state index contributed by atoms with van der Waals surface area (Å²) in [6.07, 6.45) is 2.52. The van der Waals surface area contributed by atoms with Crippen molar-refractivity contribution in [2.24, 2.45) is 5.73 Å². The molecule has 0 bridgehead atoms. The van der Waals surface area contributed by atoms with E-state index in [1.807, 2.05) is 6.92 Å². The van der Waals surface area contributed by atoms with Crippen LogP contribution < -0.4 is 10.5 Å². The van der Waals surface area contributed by atoms with Crippen LogP contribution in [0.4, 0.5) is 0 Å². The first-order valence-electron chi connectivity index (χ1n) is 7.53. The van der Waals surface area contributed by atoms with Crippen LogP contribution in [0.3, 0.4) is 0 Å². The van der Waals surface area contributed by atoms with Gasteiger partial charge in [-0.3, -0.25) is 0 Å². The second-order valence-electron chi connectivity index (χ2n) is 5.16. The van der Waals surface area contributed by atoms with Gasteiger partial charge < -0.3 is 10.6 Å². The highest BCUT2D eigenvalue weighted by Crippen LogP contribution is 2.03. The second kappa shape index (κ2) is 10.5. The summed E-state index contributed by atoms with van der Waals surface area (Å²) in [6, 6.07) is -0.0455. The molecule has 0 aromatic rings. The van der Waals surface area contributed by atoms with Gasteiger partial charge in [-0.15, -0.1) is 0 Å². The van der Waals surface area contributed by atoms with E-state index in [0.717, 1.165) is 32.5 Å². The Morgan fingerprint density at radius 2 is 1.75 bits per heavy atom. The maximum Gasteiger partial charge on any atom is 0.279 e. The summed E-state index contributed by atoms with van der Waals surface area (Å²) in [5.41, 5.74) is 5.40. The summed E-state index contributed by atoms with van der Waals surface area (Å²) in [5.74, 6) is 0. The van der Waals surface area contributed by atoms with Crippen molar-refractivity contribution in [3.8, 4) is 0 Å². The Morgan fingerprint density at radius 3 is 2.25 bits per heavy atom. The molecule has 1 unspecified atom stereocenters. The molecule has 3 N–H and O–H groups in total. The van der Waals surface area contributed by atoms with Crippen LogP contribution in [0, 0.1) is 0 Å². The minimum absolute atomic E-state index is 0.0455. The fourth-order valence-corrected chi connectivity index (χ4v) is 3.17. The van der Waals surface area contributed by atoms with Crippen LogP contribution in [-0.2, 0) is 10.2 Å². The molecule has 7 heteroatoms. The zero-order valence-corrected chi connectivity index (χ0v) is 14.2. The Balaban J connectivity index is 4.08. The lowest BCUT2D eigenvalue weighted by molar-refractivity contribution is 0.292. The van der Waals surface area contributed by atoms with Crippen LogP contribution >= 0.6 is 0 Å². The average molecular weight is 308 g/mol. The van der Waals surface area contributed by atoms with E-state index in [1.54, 1.807) is 7.05 Å². The maximum absolute atomic E-state index is 12.0. The van der Waals surface area contributed by atoms with Crippen molar-refractivity contribution in [3.63, 3.8) is 0 Å². The van der Waals surface area contributed by atoms with E-state index in [9.17, 15) is 8.42 Å². The van der Waals surface area contributed by atoms with Crippen molar-refractivity contribution in [2.75, 3.05) is 39.8 Å². The van der Waals surface area contributed by atoms with Crippen molar-refractivity contribution in [3.05, 3.63) is 0 Å². The van der Waals surface area contributed by atoms with Gasteiger partial charge in [0.25, 0.3) is 10.2 Å². The summed E-state index contributed by atoms with van der Waals surface area (Å²) in [6.45, 7) is 10.2. The summed E-state index contributed by atoms with van der Waals surface area (Å²) in [5, 5.41) is 0. The Bertz CT molecular complexity index is 331. The van der Waals surface area contributed by atoms with Crippen molar-refractivity contribution >= 4 is 10.2 Å². The molecule has 0 aliphatic rings. The molecule has 0 aliphatic heterocycles. The maximum atomic E-state index is 12.0. The molecule has 0 rings (SSSR count). The second-order valence-corrected chi connectivity index (χ2v) is 6.97. The van der Waals surface area contributed by atoms with Crippen molar-refractivity contribution in [2.45, 2.75) is 46.1 Å². The molecule has 0 aliphatic carbocycles. The fourth-order valence-electron chi connectivity index (χ4n) is 2.00. The number of hydrogen-bond acceptors (Lipinski definition) is 4. The molecule has 0 fully saturated rings. The normalized spacial score (nSPS) is 14.2. The smallest absolute Gasteiger partial charge is 0.279 e. The van der Waals surface area contributed by atoms with Gasteiger partial charge in [-0.25, -0.2) is 0 Å². The highest BCUT2D eigenvalue weighted by atomic mass is 32.2. The van der Waals surface area contributed by atoms with E-state index in [0.29, 0.717) is 19.5 Å². The third kappa shape index (κ3) is 8.16. The minimum atomic E-state index is -3.38. The van der Waals surface area contributed by atoms with E-state index in [-0.39, 0.29) is 6.04 Å². The standard InChI is InChI=1S/C13H32N4O2S/c1-5-17(6-2)12-7-9-13(3)15-20(18,19)16(4)11-8-10-14/h13,15H,5-12,14H2,1-4H3. The highest BCUT2D eigenvalue weighted by molar-refractivity contribution is 7.87. The molecule has 122 valence electrons. The number of nitrogens with one attached hydrogen (secondary N) is 1. The Labute approximate surface area is 124 Å². The van der Waals surface area contributed by atoms with Crippen LogP contribution in [-0.4, -0.2) is 63.4 Å². The molecule has 0 saturated heterocycles. The molecule has 6 nitrogen and oxygen atoms in total. The van der Waals surface area contributed by atoms with Gasteiger partial charge in [0, 0.05) is 19.6 Å². The fraction of sp³-hybridized carbons (Fsp3) is 1.00. The number of nitrogens with zero attached hydrogens (tertiary/aromatic N) is 2. The molecule has 0 radical (unpaired) electrons. The van der Waals surface area contributed by atoms with E-state index >= 15 is 0 Å². The van der Waals surface area contributed by atoms with Crippen LogP contribution in [0.15, 0.2) is 0 Å². The van der Waals surface area contributed by atoms with Gasteiger partial charge in [0.2, 0.25) is 0 Å². The molecular weight excluding hydrogens is 276 g/mol. The van der Waals surface area contributed by atoms with Gasteiger partial charge in [-0.2, -0.15) is 17.4 Å². The van der Waals surface area contributed by atoms with Gasteiger partial charge in [0.15, 0.2) is 0 Å². The summed E-state index contributed by atoms with van der Waals surface area (Å²) in [7, 11) is -1.80. The Hall–Kier alpha value is -0.210. The van der Waals surface area contributed by atoms with E-state index < -0.39 is 10.2 Å². The highest BCUT2D eigenvalue weighted by Gasteiger charge is 2.19. The summed E-state index contributed by atoms with van der Waals surface area (Å²) in [4.78, 5) is 2.34. The lowest BCUT2D eigenvalue weighted by Gasteiger charge is -2.22. The molecule has 0 amide bonds. The number of rotatable bonds is 12. The topological polar surface area (TPSA) is 78.7 Å². The largest absolute Gasteiger partial charge is 0.330 e. The van der Waals surface area contributed by atoms with Crippen LogP contribution in [0.2, 0.25) is 0 Å². The summed E-state index contributed by atoms with van der Waals surface area (Å²) < 4.78 is 28.1. The van der Waals surface area contributed by atoms with Gasteiger partial charge in [0.05, 0.1) is 0 Å². The average Bonchev–Trinajstić information content (AvgIpc) is 2.40. The van der Waals surface area contributed by atoms with Gasteiger partial charge in [0.1, 0.15) is 0 Å². The first-order chi connectivity index (χ1) is 9.37. The van der Waals surface area contributed by atoms with Crippen LogP contribution in [0.1, 0.15) is 40.0 Å². The lowest BCUT2D eigenvalue weighted by Crippen LogP contribution is -2.43. The number of nitrogens with two attached hydrogens (primary N) is 1. The zero-order valence-electron chi connectivity index (χ0n) is 13.4. The van der Waals surface area contributed by atoms with Gasteiger partial charge in [-0.05, 0) is 52.4 Å². The molecular formula is C13H32N4O2S. The lowest BCUT2D eigenvalue weighted by atomic mass is 10.2. The first-order valence-corrected chi connectivity index (χ1v) is 8.97. The van der Waals surface area contributed by atoms with Gasteiger partial charge in [-0.1, -0.05) is 13.8 Å². The number of hydrogen-bond donors (Lipinski definition) is 2. The van der Waals surface area contributed by atoms with Crippen molar-refractivity contribution < 1.29 is 8.42 Å².